The first-order valence-corrected chi connectivity index (χ1v) is 10.1. The molecule has 2 N–H and O–H groups in total. The molecular weight excluding hydrogens is 459 g/mol. The summed E-state index contributed by atoms with van der Waals surface area (Å²) in [7, 11) is 0. The van der Waals surface area contributed by atoms with Crippen molar-refractivity contribution in [2.75, 3.05) is 0 Å². The average molecular weight is 476 g/mol. The number of aromatic nitrogens is 2. The first-order chi connectivity index (χ1) is 16.0. The molecule has 0 spiro atoms. The van der Waals surface area contributed by atoms with Crippen LogP contribution < -0.4 is 0 Å². The maximum atomic E-state index is 14.8. The normalized spacial score (nSPS) is 11.8. The summed E-state index contributed by atoms with van der Waals surface area (Å²) in [5.41, 5.74) is -1.75. The number of alkyl halides is 3. The maximum Gasteiger partial charge on any atom is 0.416 e. The highest BCUT2D eigenvalue weighted by atomic mass is 19.4. The number of aryl methyl sites for hydroxylation is 1. The second-order valence-corrected chi connectivity index (χ2v) is 7.59. The lowest BCUT2D eigenvalue weighted by Gasteiger charge is -2.17. The van der Waals surface area contributed by atoms with Crippen LogP contribution in [0.3, 0.4) is 0 Å². The molecule has 3 aromatic carbocycles. The summed E-state index contributed by atoms with van der Waals surface area (Å²) in [6.07, 6.45) is -4.33. The molecule has 0 aliphatic rings. The van der Waals surface area contributed by atoms with Gasteiger partial charge < -0.3 is 10.2 Å². The Morgan fingerprint density at radius 2 is 1.76 bits per heavy atom. The standard InChI is InChI=1S/C24H17F5N2O3/c1-2-12-5-3-6-16(24(27,28)29)15(12)11-31-19-8-4-7-17(25)21(19)22(30-31)13-10-20(32)14(23(33)34)9-18(13)26/h3-10,32H,2,11H2,1H3,(H,33,34). The Balaban J connectivity index is 1.96. The van der Waals surface area contributed by atoms with Gasteiger partial charge in [-0.05, 0) is 47.9 Å². The van der Waals surface area contributed by atoms with E-state index >= 15 is 0 Å². The molecular formula is C24H17F5N2O3. The Morgan fingerprint density at radius 3 is 2.41 bits per heavy atom. The number of halogens is 5. The third-order valence-corrected chi connectivity index (χ3v) is 5.57. The first kappa shape index (κ1) is 23.2. The van der Waals surface area contributed by atoms with Crippen molar-refractivity contribution in [1.82, 2.24) is 9.78 Å². The van der Waals surface area contributed by atoms with Crippen molar-refractivity contribution < 1.29 is 37.0 Å². The van der Waals surface area contributed by atoms with Gasteiger partial charge in [0.2, 0.25) is 0 Å². The number of aromatic hydroxyl groups is 1. The number of carboxylic acid groups (broad SMARTS) is 1. The number of benzene rings is 3. The molecule has 10 heteroatoms. The number of carboxylic acids is 1. The van der Waals surface area contributed by atoms with E-state index in [1.54, 1.807) is 13.0 Å². The lowest BCUT2D eigenvalue weighted by molar-refractivity contribution is -0.138. The summed E-state index contributed by atoms with van der Waals surface area (Å²) in [6.45, 7) is 1.33. The molecule has 176 valence electrons. The molecule has 0 radical (unpaired) electrons. The van der Waals surface area contributed by atoms with Crippen LogP contribution in [-0.4, -0.2) is 26.0 Å². The second-order valence-electron chi connectivity index (χ2n) is 7.59. The third kappa shape index (κ3) is 3.95. The van der Waals surface area contributed by atoms with Crippen LogP contribution in [0.4, 0.5) is 22.0 Å². The highest BCUT2D eigenvalue weighted by Crippen LogP contribution is 2.37. The second kappa shape index (κ2) is 8.44. The van der Waals surface area contributed by atoms with E-state index in [1.807, 2.05) is 0 Å². The summed E-state index contributed by atoms with van der Waals surface area (Å²) in [6, 6.07) is 9.05. The van der Waals surface area contributed by atoms with E-state index in [2.05, 4.69) is 5.10 Å². The molecule has 5 nitrogen and oxygen atoms in total. The van der Waals surface area contributed by atoms with E-state index < -0.39 is 46.2 Å². The van der Waals surface area contributed by atoms with Crippen molar-refractivity contribution in [3.8, 4) is 17.0 Å². The van der Waals surface area contributed by atoms with Crippen molar-refractivity contribution in [3.05, 3.63) is 82.4 Å². The van der Waals surface area contributed by atoms with Gasteiger partial charge in [-0.2, -0.15) is 18.3 Å². The SMILES string of the molecule is CCc1cccc(C(F)(F)F)c1Cn1nc(-c2cc(O)c(C(=O)O)cc2F)c2c(F)cccc21. The predicted octanol–water partition coefficient (Wildman–Crippen LogP) is 6.01. The Bertz CT molecular complexity index is 1430. The summed E-state index contributed by atoms with van der Waals surface area (Å²) in [5, 5.41) is 23.1. The van der Waals surface area contributed by atoms with Crippen molar-refractivity contribution >= 4 is 16.9 Å². The lowest BCUT2D eigenvalue weighted by atomic mass is 9.98. The van der Waals surface area contributed by atoms with E-state index in [0.717, 1.165) is 22.9 Å². The molecule has 0 aliphatic carbocycles. The van der Waals surface area contributed by atoms with Gasteiger partial charge in [0.05, 0.1) is 23.0 Å². The van der Waals surface area contributed by atoms with Gasteiger partial charge in [-0.15, -0.1) is 0 Å². The van der Waals surface area contributed by atoms with Gasteiger partial charge in [-0.25, -0.2) is 13.6 Å². The highest BCUT2D eigenvalue weighted by Gasteiger charge is 2.34. The van der Waals surface area contributed by atoms with Crippen molar-refractivity contribution in [1.29, 1.82) is 0 Å². The fourth-order valence-corrected chi connectivity index (χ4v) is 3.98. The van der Waals surface area contributed by atoms with Crippen molar-refractivity contribution in [3.63, 3.8) is 0 Å². The first-order valence-electron chi connectivity index (χ1n) is 10.1. The zero-order valence-electron chi connectivity index (χ0n) is 17.6. The van der Waals surface area contributed by atoms with Crippen molar-refractivity contribution in [2.45, 2.75) is 26.1 Å². The summed E-state index contributed by atoms with van der Waals surface area (Å²) < 4.78 is 71.9. The van der Waals surface area contributed by atoms with Gasteiger partial charge in [0.1, 0.15) is 28.6 Å². The molecule has 0 bridgehead atoms. The quantitative estimate of drug-likeness (QED) is 0.346. The maximum absolute atomic E-state index is 14.8. The lowest BCUT2D eigenvalue weighted by Crippen LogP contribution is -2.14. The van der Waals surface area contributed by atoms with Gasteiger partial charge in [0, 0.05) is 5.56 Å². The largest absolute Gasteiger partial charge is 0.507 e. The number of hydrogen-bond donors (Lipinski definition) is 2. The monoisotopic (exact) mass is 476 g/mol. The third-order valence-electron chi connectivity index (χ3n) is 5.57. The van der Waals surface area contributed by atoms with Crippen LogP contribution in [-0.2, 0) is 19.1 Å². The zero-order chi connectivity index (χ0) is 24.8. The summed E-state index contributed by atoms with van der Waals surface area (Å²) in [4.78, 5) is 11.2. The molecule has 0 fully saturated rings. The number of carbonyl (C=O) groups is 1. The summed E-state index contributed by atoms with van der Waals surface area (Å²) >= 11 is 0. The molecule has 1 heterocycles. The van der Waals surface area contributed by atoms with Gasteiger partial charge in [0.25, 0.3) is 0 Å². The average Bonchev–Trinajstić information content (AvgIpc) is 3.13. The minimum absolute atomic E-state index is 0.0535. The number of phenols is 1. The van der Waals surface area contributed by atoms with E-state index in [-0.39, 0.29) is 28.7 Å². The molecule has 0 saturated heterocycles. The van der Waals surface area contributed by atoms with Crippen LogP contribution in [0.15, 0.2) is 48.5 Å². The predicted molar refractivity (Wildman–Crippen MR) is 114 cm³/mol. The van der Waals surface area contributed by atoms with Gasteiger partial charge >= 0.3 is 12.1 Å². The molecule has 34 heavy (non-hydrogen) atoms. The van der Waals surface area contributed by atoms with Crippen LogP contribution >= 0.6 is 0 Å². The van der Waals surface area contributed by atoms with Crippen LogP contribution in [0, 0.1) is 11.6 Å². The van der Waals surface area contributed by atoms with E-state index in [9.17, 15) is 31.9 Å². The minimum atomic E-state index is -4.64. The van der Waals surface area contributed by atoms with E-state index in [1.165, 1.54) is 18.2 Å². The summed E-state index contributed by atoms with van der Waals surface area (Å²) in [5.74, 6) is -4.23. The fourth-order valence-electron chi connectivity index (χ4n) is 3.98. The molecule has 0 saturated carbocycles. The van der Waals surface area contributed by atoms with Crippen LogP contribution in [0.2, 0.25) is 0 Å². The highest BCUT2D eigenvalue weighted by molar-refractivity contribution is 5.96. The molecule has 4 aromatic rings. The molecule has 0 aliphatic heterocycles. The van der Waals surface area contributed by atoms with Crippen LogP contribution in [0.5, 0.6) is 5.75 Å². The van der Waals surface area contributed by atoms with E-state index in [4.69, 9.17) is 5.11 Å². The number of hydrogen-bond acceptors (Lipinski definition) is 3. The number of aromatic carboxylic acids is 1. The smallest absolute Gasteiger partial charge is 0.416 e. The number of fused-ring (bicyclic) bond motifs is 1. The van der Waals surface area contributed by atoms with E-state index in [0.29, 0.717) is 18.1 Å². The zero-order valence-corrected chi connectivity index (χ0v) is 17.6. The molecule has 1 aromatic heterocycles. The minimum Gasteiger partial charge on any atom is -0.507 e. The van der Waals surface area contributed by atoms with Gasteiger partial charge in [-0.3, -0.25) is 4.68 Å². The topological polar surface area (TPSA) is 75.3 Å². The van der Waals surface area contributed by atoms with Crippen LogP contribution in [0.25, 0.3) is 22.2 Å². The molecule has 0 amide bonds. The van der Waals surface area contributed by atoms with Gasteiger partial charge in [0.15, 0.2) is 0 Å². The number of rotatable bonds is 5. The molecule has 0 unspecified atom stereocenters. The molecule has 4 rings (SSSR count). The molecule has 0 atom stereocenters. The Hall–Kier alpha value is -3.95. The fraction of sp³-hybridized carbons (Fsp3) is 0.167. The Labute approximate surface area is 189 Å². The number of nitrogens with zero attached hydrogens (tertiary/aromatic N) is 2. The van der Waals surface area contributed by atoms with Gasteiger partial charge in [-0.1, -0.05) is 25.1 Å². The van der Waals surface area contributed by atoms with Crippen molar-refractivity contribution in [2.24, 2.45) is 0 Å². The Morgan fingerprint density at radius 1 is 1.06 bits per heavy atom. The Kier molecular flexibility index (Phi) is 5.76. The van der Waals surface area contributed by atoms with Crippen LogP contribution in [0.1, 0.15) is 34.0 Å².